The topological polar surface area (TPSA) is 90.3 Å². The van der Waals surface area contributed by atoms with Gasteiger partial charge in [0.2, 0.25) is 0 Å². The number of carboxylic acid groups (broad SMARTS) is 1. The molecule has 0 spiro atoms. The Morgan fingerprint density at radius 3 is 2.06 bits per heavy atom. The number of carbonyl (C=O) groups is 2. The van der Waals surface area contributed by atoms with Gasteiger partial charge in [0.25, 0.3) is 5.91 Å². The molecule has 17 heavy (non-hydrogen) atoms. The van der Waals surface area contributed by atoms with Crippen LogP contribution in [0.1, 0.15) is 20.8 Å². The molecule has 100 valence electrons. The number of rotatable bonds is 4. The minimum absolute atomic E-state index is 0.601. The van der Waals surface area contributed by atoms with Crippen LogP contribution in [0.25, 0.3) is 0 Å². The SMILES string of the molecule is CON(C)C(=O)C(CO)N(C(=O)O)C(C)(C)C. The molecule has 7 nitrogen and oxygen atoms in total. The lowest BCUT2D eigenvalue weighted by atomic mass is 10.0. The van der Waals surface area contributed by atoms with Crippen LogP contribution >= 0.6 is 0 Å². The summed E-state index contributed by atoms with van der Waals surface area (Å²) in [6, 6.07) is -1.18. The molecule has 2 N–H and O–H groups in total. The Bertz CT molecular complexity index is 287. The molecular formula is C10H20N2O5. The van der Waals surface area contributed by atoms with E-state index in [2.05, 4.69) is 0 Å². The summed E-state index contributed by atoms with van der Waals surface area (Å²) in [7, 11) is 2.64. The smallest absolute Gasteiger partial charge is 0.408 e. The Kier molecular flexibility index (Phi) is 5.37. The van der Waals surface area contributed by atoms with E-state index in [9.17, 15) is 14.7 Å². The van der Waals surface area contributed by atoms with Crippen LogP contribution in [0, 0.1) is 0 Å². The third kappa shape index (κ3) is 3.86. The van der Waals surface area contributed by atoms with Crippen molar-refractivity contribution < 1.29 is 24.6 Å². The zero-order valence-corrected chi connectivity index (χ0v) is 10.8. The molecule has 0 rings (SSSR count). The summed E-state index contributed by atoms with van der Waals surface area (Å²) in [5.74, 6) is -0.618. The maximum Gasteiger partial charge on any atom is 0.408 e. The van der Waals surface area contributed by atoms with Crippen molar-refractivity contribution in [1.82, 2.24) is 9.96 Å². The fourth-order valence-corrected chi connectivity index (χ4v) is 1.46. The van der Waals surface area contributed by atoms with Crippen LogP contribution in [0.4, 0.5) is 4.79 Å². The Morgan fingerprint density at radius 2 is 1.82 bits per heavy atom. The van der Waals surface area contributed by atoms with Crippen molar-refractivity contribution in [1.29, 1.82) is 0 Å². The monoisotopic (exact) mass is 248 g/mol. The highest BCUT2D eigenvalue weighted by Crippen LogP contribution is 2.18. The average Bonchev–Trinajstić information content (AvgIpc) is 2.20. The third-order valence-electron chi connectivity index (χ3n) is 2.28. The first kappa shape index (κ1) is 15.7. The van der Waals surface area contributed by atoms with Crippen molar-refractivity contribution in [2.75, 3.05) is 20.8 Å². The highest BCUT2D eigenvalue weighted by atomic mass is 16.7. The largest absolute Gasteiger partial charge is 0.465 e. The number of amides is 2. The van der Waals surface area contributed by atoms with Crippen molar-refractivity contribution in [3.05, 3.63) is 0 Å². The quantitative estimate of drug-likeness (QED) is 0.691. The van der Waals surface area contributed by atoms with Crippen LogP contribution in [0.2, 0.25) is 0 Å². The number of hydrogen-bond acceptors (Lipinski definition) is 4. The lowest BCUT2D eigenvalue weighted by molar-refractivity contribution is -0.177. The molecular weight excluding hydrogens is 228 g/mol. The number of likely N-dealkylation sites (N-methyl/N-ethyl adjacent to an activating group) is 1. The van der Waals surface area contributed by atoms with Gasteiger partial charge in [0.15, 0.2) is 0 Å². The molecule has 2 amide bonds. The summed E-state index contributed by atoms with van der Waals surface area (Å²) in [6.45, 7) is 4.33. The molecule has 0 fully saturated rings. The second kappa shape index (κ2) is 5.83. The summed E-state index contributed by atoms with van der Waals surface area (Å²) in [6.07, 6.45) is -1.27. The fourth-order valence-electron chi connectivity index (χ4n) is 1.46. The van der Waals surface area contributed by atoms with Crippen molar-refractivity contribution in [3.8, 4) is 0 Å². The molecule has 1 atom stereocenters. The Morgan fingerprint density at radius 1 is 1.35 bits per heavy atom. The van der Waals surface area contributed by atoms with Crippen LogP contribution in [0.3, 0.4) is 0 Å². The number of nitrogens with zero attached hydrogens (tertiary/aromatic N) is 2. The second-order valence-corrected chi connectivity index (χ2v) is 4.54. The molecule has 7 heteroatoms. The predicted molar refractivity (Wildman–Crippen MR) is 60.3 cm³/mol. The van der Waals surface area contributed by atoms with Crippen LogP contribution in [0.5, 0.6) is 0 Å². The van der Waals surface area contributed by atoms with Crippen molar-refractivity contribution in [3.63, 3.8) is 0 Å². The van der Waals surface area contributed by atoms with Crippen LogP contribution in [-0.2, 0) is 9.63 Å². The van der Waals surface area contributed by atoms with Gasteiger partial charge in [0.05, 0.1) is 13.7 Å². The van der Waals surface area contributed by atoms with Gasteiger partial charge in [-0.2, -0.15) is 0 Å². The second-order valence-electron chi connectivity index (χ2n) is 4.54. The zero-order valence-electron chi connectivity index (χ0n) is 10.8. The van der Waals surface area contributed by atoms with Gasteiger partial charge in [0, 0.05) is 12.6 Å². The van der Waals surface area contributed by atoms with Gasteiger partial charge in [0.1, 0.15) is 6.04 Å². The number of hydrogen-bond donors (Lipinski definition) is 2. The van der Waals surface area contributed by atoms with Crippen LogP contribution < -0.4 is 0 Å². The van der Waals surface area contributed by atoms with E-state index in [0.717, 1.165) is 9.96 Å². The first-order valence-corrected chi connectivity index (χ1v) is 5.11. The number of aliphatic hydroxyl groups is 1. The Balaban J connectivity index is 5.19. The van der Waals surface area contributed by atoms with Crippen molar-refractivity contribution in [2.24, 2.45) is 0 Å². The number of carbonyl (C=O) groups excluding carboxylic acids is 1. The van der Waals surface area contributed by atoms with E-state index >= 15 is 0 Å². The Labute approximate surface area is 101 Å². The fraction of sp³-hybridized carbons (Fsp3) is 0.800. The predicted octanol–water partition coefficient (Wildman–Crippen LogP) is 0.146. The van der Waals surface area contributed by atoms with Gasteiger partial charge in [-0.3, -0.25) is 14.5 Å². The number of aliphatic hydroxyl groups excluding tert-OH is 1. The van der Waals surface area contributed by atoms with Gasteiger partial charge >= 0.3 is 6.09 Å². The molecule has 0 aliphatic rings. The maximum absolute atomic E-state index is 11.8. The summed E-state index contributed by atoms with van der Waals surface area (Å²) in [4.78, 5) is 28.6. The van der Waals surface area contributed by atoms with Crippen molar-refractivity contribution >= 4 is 12.0 Å². The molecule has 0 aromatic rings. The Hall–Kier alpha value is -1.34. The summed E-state index contributed by atoms with van der Waals surface area (Å²) < 4.78 is 0. The molecule has 0 aromatic carbocycles. The van der Waals surface area contributed by atoms with E-state index < -0.39 is 30.2 Å². The van der Waals surface area contributed by atoms with E-state index in [1.165, 1.54) is 14.2 Å². The average molecular weight is 248 g/mol. The molecule has 0 aliphatic carbocycles. The molecule has 0 saturated carbocycles. The van der Waals surface area contributed by atoms with Gasteiger partial charge in [-0.15, -0.1) is 0 Å². The third-order valence-corrected chi connectivity index (χ3v) is 2.28. The maximum atomic E-state index is 11.8. The lowest BCUT2D eigenvalue weighted by Crippen LogP contribution is -2.58. The molecule has 1 unspecified atom stereocenters. The molecule has 0 aromatic heterocycles. The van der Waals surface area contributed by atoms with E-state index in [4.69, 9.17) is 9.94 Å². The highest BCUT2D eigenvalue weighted by Gasteiger charge is 2.38. The van der Waals surface area contributed by atoms with Gasteiger partial charge in [-0.1, -0.05) is 0 Å². The minimum Gasteiger partial charge on any atom is -0.465 e. The van der Waals surface area contributed by atoms with Crippen LogP contribution in [0.15, 0.2) is 0 Å². The zero-order chi connectivity index (χ0) is 13.8. The van der Waals surface area contributed by atoms with Gasteiger partial charge < -0.3 is 10.2 Å². The summed E-state index contributed by atoms with van der Waals surface area (Å²) >= 11 is 0. The minimum atomic E-state index is -1.27. The summed E-state index contributed by atoms with van der Waals surface area (Å²) in [5, 5.41) is 19.2. The molecule has 0 aliphatic heterocycles. The van der Waals surface area contributed by atoms with Crippen LogP contribution in [-0.4, -0.2) is 64.5 Å². The molecule has 0 radical (unpaired) electrons. The first-order chi connectivity index (χ1) is 7.66. The van der Waals surface area contributed by atoms with Crippen molar-refractivity contribution in [2.45, 2.75) is 32.4 Å². The van der Waals surface area contributed by atoms with Gasteiger partial charge in [-0.25, -0.2) is 9.86 Å². The van der Waals surface area contributed by atoms with E-state index in [0.29, 0.717) is 0 Å². The molecule has 0 bridgehead atoms. The normalized spacial score (nSPS) is 13.1. The van der Waals surface area contributed by atoms with E-state index in [-0.39, 0.29) is 0 Å². The highest BCUT2D eigenvalue weighted by molar-refractivity contribution is 5.85. The summed E-state index contributed by atoms with van der Waals surface area (Å²) in [5.41, 5.74) is -0.802. The standard InChI is InChI=1S/C10H20N2O5/c1-10(2,3)12(9(15)16)7(6-13)8(14)11(4)17-5/h7,13H,6H2,1-5H3,(H,15,16). The molecule has 0 heterocycles. The molecule has 0 saturated heterocycles. The first-order valence-electron chi connectivity index (χ1n) is 5.11. The van der Waals surface area contributed by atoms with E-state index in [1.54, 1.807) is 20.8 Å². The van der Waals surface area contributed by atoms with E-state index in [1.807, 2.05) is 0 Å². The van der Waals surface area contributed by atoms with Gasteiger partial charge in [-0.05, 0) is 20.8 Å². The lowest BCUT2D eigenvalue weighted by Gasteiger charge is -2.38. The number of hydroxylamine groups is 2.